The lowest BCUT2D eigenvalue weighted by atomic mass is 10.2. The SMILES string of the molecule is O=C(CNC(=O)c1ccccc1)Nc1nc(CN2CCCCCC2)cs1. The Kier molecular flexibility index (Phi) is 6.74. The molecule has 0 aliphatic carbocycles. The molecule has 0 saturated carbocycles. The third-order valence-corrected chi connectivity index (χ3v) is 5.13. The number of nitrogens with zero attached hydrogens (tertiary/aromatic N) is 2. The van der Waals surface area contributed by atoms with E-state index in [4.69, 9.17) is 0 Å². The molecule has 2 aromatic rings. The molecule has 2 N–H and O–H groups in total. The third-order valence-electron chi connectivity index (χ3n) is 4.33. The highest BCUT2D eigenvalue weighted by molar-refractivity contribution is 7.13. The molecule has 3 rings (SSSR count). The van der Waals surface area contributed by atoms with E-state index in [9.17, 15) is 9.59 Å². The van der Waals surface area contributed by atoms with Gasteiger partial charge in [-0.15, -0.1) is 11.3 Å². The molecule has 138 valence electrons. The van der Waals surface area contributed by atoms with Crippen molar-refractivity contribution < 1.29 is 9.59 Å². The number of rotatable bonds is 6. The maximum atomic E-state index is 12.0. The Balaban J connectivity index is 1.44. The van der Waals surface area contributed by atoms with Crippen molar-refractivity contribution in [1.82, 2.24) is 15.2 Å². The molecule has 26 heavy (non-hydrogen) atoms. The van der Waals surface area contributed by atoms with Gasteiger partial charge in [-0.1, -0.05) is 31.0 Å². The van der Waals surface area contributed by atoms with Crippen molar-refractivity contribution in [2.24, 2.45) is 0 Å². The molecule has 1 aromatic carbocycles. The molecule has 0 bridgehead atoms. The van der Waals surface area contributed by atoms with Crippen LogP contribution in [-0.4, -0.2) is 41.3 Å². The van der Waals surface area contributed by atoms with Crippen LogP contribution in [-0.2, 0) is 11.3 Å². The molecule has 1 aliphatic rings. The van der Waals surface area contributed by atoms with Crippen molar-refractivity contribution in [3.63, 3.8) is 0 Å². The zero-order chi connectivity index (χ0) is 18.2. The van der Waals surface area contributed by atoms with E-state index in [1.165, 1.54) is 37.0 Å². The summed E-state index contributed by atoms with van der Waals surface area (Å²) >= 11 is 1.42. The molecule has 0 radical (unpaired) electrons. The highest BCUT2D eigenvalue weighted by atomic mass is 32.1. The minimum atomic E-state index is -0.273. The number of aromatic nitrogens is 1. The van der Waals surface area contributed by atoms with Crippen LogP contribution in [0.25, 0.3) is 0 Å². The van der Waals surface area contributed by atoms with Crippen molar-refractivity contribution in [3.8, 4) is 0 Å². The van der Waals surface area contributed by atoms with Crippen molar-refractivity contribution in [1.29, 1.82) is 0 Å². The first kappa shape index (κ1) is 18.5. The van der Waals surface area contributed by atoms with Crippen molar-refractivity contribution in [3.05, 3.63) is 47.0 Å². The fourth-order valence-corrected chi connectivity index (χ4v) is 3.69. The van der Waals surface area contributed by atoms with Crippen LogP contribution >= 0.6 is 11.3 Å². The molecule has 1 saturated heterocycles. The summed E-state index contributed by atoms with van der Waals surface area (Å²) in [6.07, 6.45) is 5.11. The summed E-state index contributed by atoms with van der Waals surface area (Å²) in [5, 5.41) is 7.94. The lowest BCUT2D eigenvalue weighted by Gasteiger charge is -2.17. The summed E-state index contributed by atoms with van der Waals surface area (Å²) in [6, 6.07) is 8.84. The summed E-state index contributed by atoms with van der Waals surface area (Å²) in [7, 11) is 0. The Morgan fingerprint density at radius 3 is 2.54 bits per heavy atom. The number of nitrogens with one attached hydrogen (secondary N) is 2. The van der Waals surface area contributed by atoms with E-state index in [1.54, 1.807) is 24.3 Å². The number of likely N-dealkylation sites (tertiary alicyclic amines) is 1. The van der Waals surface area contributed by atoms with Crippen LogP contribution in [0.1, 0.15) is 41.7 Å². The largest absolute Gasteiger partial charge is 0.343 e. The fourth-order valence-electron chi connectivity index (χ4n) is 2.98. The standard InChI is InChI=1S/C19H24N4O2S/c24-17(12-20-18(25)15-8-4-3-5-9-15)22-19-21-16(14-26-19)13-23-10-6-1-2-7-11-23/h3-5,8-9,14H,1-2,6-7,10-13H2,(H,20,25)(H,21,22,24). The van der Waals surface area contributed by atoms with Crippen LogP contribution in [0.15, 0.2) is 35.7 Å². The molecule has 0 unspecified atom stereocenters. The maximum Gasteiger partial charge on any atom is 0.251 e. The second-order valence-corrected chi connectivity index (χ2v) is 7.29. The number of carbonyl (C=O) groups excluding carboxylic acids is 2. The molecule has 1 fully saturated rings. The molecule has 7 heteroatoms. The van der Waals surface area contributed by atoms with E-state index in [0.717, 1.165) is 25.3 Å². The predicted molar refractivity (Wildman–Crippen MR) is 103 cm³/mol. The highest BCUT2D eigenvalue weighted by Gasteiger charge is 2.13. The van der Waals surface area contributed by atoms with Gasteiger partial charge in [-0.2, -0.15) is 0 Å². The van der Waals surface area contributed by atoms with Crippen LogP contribution in [0.2, 0.25) is 0 Å². The van der Waals surface area contributed by atoms with Gasteiger partial charge in [0, 0.05) is 17.5 Å². The summed E-state index contributed by atoms with van der Waals surface area (Å²) in [5.74, 6) is -0.535. The van der Waals surface area contributed by atoms with Gasteiger partial charge >= 0.3 is 0 Å². The van der Waals surface area contributed by atoms with Gasteiger partial charge < -0.3 is 10.6 Å². The Morgan fingerprint density at radius 2 is 1.81 bits per heavy atom. The third kappa shape index (κ3) is 5.64. The van der Waals surface area contributed by atoms with Gasteiger partial charge in [-0.3, -0.25) is 14.5 Å². The second-order valence-electron chi connectivity index (χ2n) is 6.43. The van der Waals surface area contributed by atoms with Gasteiger partial charge in [0.15, 0.2) is 5.13 Å². The molecular formula is C19H24N4O2S. The topological polar surface area (TPSA) is 74.3 Å². The number of hydrogen-bond donors (Lipinski definition) is 2. The molecule has 0 spiro atoms. The Labute approximate surface area is 157 Å². The van der Waals surface area contributed by atoms with Gasteiger partial charge in [0.2, 0.25) is 5.91 Å². The zero-order valence-corrected chi connectivity index (χ0v) is 15.6. The summed E-state index contributed by atoms with van der Waals surface area (Å²) < 4.78 is 0. The summed E-state index contributed by atoms with van der Waals surface area (Å²) in [5.41, 5.74) is 1.52. The normalized spacial score (nSPS) is 15.2. The highest BCUT2D eigenvalue weighted by Crippen LogP contribution is 2.18. The first-order valence-corrected chi connectivity index (χ1v) is 9.88. The molecule has 6 nitrogen and oxygen atoms in total. The fraction of sp³-hybridized carbons (Fsp3) is 0.421. The molecule has 0 atom stereocenters. The first-order chi connectivity index (χ1) is 12.7. The van der Waals surface area contributed by atoms with Gasteiger partial charge in [-0.25, -0.2) is 4.98 Å². The number of hydrogen-bond acceptors (Lipinski definition) is 5. The number of benzene rings is 1. The van der Waals surface area contributed by atoms with E-state index in [-0.39, 0.29) is 18.4 Å². The van der Waals surface area contributed by atoms with Crippen LogP contribution in [0, 0.1) is 0 Å². The Morgan fingerprint density at radius 1 is 1.08 bits per heavy atom. The number of thiazole rings is 1. The van der Waals surface area contributed by atoms with Crippen LogP contribution in [0.5, 0.6) is 0 Å². The second kappa shape index (κ2) is 9.45. The van der Waals surface area contributed by atoms with Gasteiger partial charge in [0.1, 0.15) is 0 Å². The predicted octanol–water partition coefficient (Wildman–Crippen LogP) is 2.89. The molecular weight excluding hydrogens is 348 g/mol. The summed E-state index contributed by atoms with van der Waals surface area (Å²) in [4.78, 5) is 30.9. The lowest BCUT2D eigenvalue weighted by molar-refractivity contribution is -0.115. The van der Waals surface area contributed by atoms with Crippen LogP contribution < -0.4 is 10.6 Å². The minimum Gasteiger partial charge on any atom is -0.343 e. The van der Waals surface area contributed by atoms with Crippen molar-refractivity contribution in [2.75, 3.05) is 25.0 Å². The molecule has 1 aromatic heterocycles. The molecule has 2 heterocycles. The van der Waals surface area contributed by atoms with Crippen LogP contribution in [0.4, 0.5) is 5.13 Å². The Hall–Kier alpha value is -2.25. The average molecular weight is 372 g/mol. The van der Waals surface area contributed by atoms with Gasteiger partial charge in [0.05, 0.1) is 12.2 Å². The van der Waals surface area contributed by atoms with Crippen LogP contribution in [0.3, 0.4) is 0 Å². The van der Waals surface area contributed by atoms with E-state index in [2.05, 4.69) is 20.5 Å². The van der Waals surface area contributed by atoms with Gasteiger partial charge in [-0.05, 0) is 38.1 Å². The van der Waals surface area contributed by atoms with E-state index >= 15 is 0 Å². The average Bonchev–Trinajstić information content (AvgIpc) is 2.93. The number of carbonyl (C=O) groups is 2. The lowest BCUT2D eigenvalue weighted by Crippen LogP contribution is -2.32. The first-order valence-electron chi connectivity index (χ1n) is 9.00. The smallest absolute Gasteiger partial charge is 0.251 e. The maximum absolute atomic E-state index is 12.0. The monoisotopic (exact) mass is 372 g/mol. The minimum absolute atomic E-state index is 0.0746. The van der Waals surface area contributed by atoms with Gasteiger partial charge in [0.25, 0.3) is 5.91 Å². The Bertz CT molecular complexity index is 724. The van der Waals surface area contributed by atoms with E-state index < -0.39 is 0 Å². The number of amides is 2. The quantitative estimate of drug-likeness (QED) is 0.818. The van der Waals surface area contributed by atoms with Crippen molar-refractivity contribution in [2.45, 2.75) is 32.2 Å². The molecule has 1 aliphatic heterocycles. The molecule has 2 amide bonds. The summed E-state index contributed by atoms with van der Waals surface area (Å²) in [6.45, 7) is 2.99. The van der Waals surface area contributed by atoms with E-state index in [1.807, 2.05) is 11.4 Å². The number of anilines is 1. The zero-order valence-electron chi connectivity index (χ0n) is 14.7. The van der Waals surface area contributed by atoms with E-state index in [0.29, 0.717) is 10.7 Å². The van der Waals surface area contributed by atoms with Crippen molar-refractivity contribution >= 4 is 28.3 Å².